The van der Waals surface area contributed by atoms with Crippen molar-refractivity contribution in [1.29, 1.82) is 0 Å². The van der Waals surface area contributed by atoms with Crippen molar-refractivity contribution in [3.05, 3.63) is 118 Å². The fourth-order valence-electron chi connectivity index (χ4n) is 4.01. The molecule has 0 N–H and O–H groups in total. The Morgan fingerprint density at radius 2 is 0.821 bits per heavy atom. The lowest BCUT2D eigenvalue weighted by molar-refractivity contribution is -0.0597. The standard InChI is InChI=1S/C30H14F14N2O8S2/c31-16-18(33)22(37)26(23(38)19(16)34)55(47,48)53-45-28(30(42,43)44)12-2-6-14(7-3-12)51-10-1-11-52-15-8-4-13(5-9-15)29(41)46-54-56(49,50)27-24(39)20(35)17(32)21(36)25(27)40/h2-9H,1,10-11H2. The van der Waals surface area contributed by atoms with Crippen molar-refractivity contribution in [1.82, 2.24) is 0 Å². The number of rotatable bonds is 14. The van der Waals surface area contributed by atoms with Crippen LogP contribution in [0.15, 0.2) is 68.6 Å². The number of halogens is 14. The lowest BCUT2D eigenvalue weighted by Gasteiger charge is -2.12. The molecule has 26 heteroatoms. The minimum absolute atomic E-state index is 0.0595. The molecule has 0 heterocycles. The molecule has 56 heavy (non-hydrogen) atoms. The molecule has 302 valence electrons. The largest absolute Gasteiger partial charge is 0.493 e. The smallest absolute Gasteiger partial charge is 0.437 e. The minimum atomic E-state index is -6.14. The van der Waals surface area contributed by atoms with Gasteiger partial charge in [0.05, 0.1) is 13.2 Å². The second-order valence-electron chi connectivity index (χ2n) is 10.3. The topological polar surface area (TPSA) is 130 Å². The van der Waals surface area contributed by atoms with Gasteiger partial charge in [0.2, 0.25) is 11.6 Å². The molecule has 0 amide bonds. The van der Waals surface area contributed by atoms with Crippen LogP contribution >= 0.6 is 0 Å². The lowest BCUT2D eigenvalue weighted by Crippen LogP contribution is -2.25. The Morgan fingerprint density at radius 1 is 0.500 bits per heavy atom. The molecular weight excluding hydrogens is 846 g/mol. The first kappa shape index (κ1) is 43.1. The van der Waals surface area contributed by atoms with Gasteiger partial charge in [0, 0.05) is 17.5 Å². The van der Waals surface area contributed by atoms with Gasteiger partial charge in [0.1, 0.15) is 11.5 Å². The second-order valence-corrected chi connectivity index (χ2v) is 13.2. The van der Waals surface area contributed by atoms with Crippen molar-refractivity contribution in [2.24, 2.45) is 10.3 Å². The van der Waals surface area contributed by atoms with E-state index in [4.69, 9.17) is 9.47 Å². The first-order valence-electron chi connectivity index (χ1n) is 14.2. The SMILES string of the molecule is O=S(=O)(ON=C(F)c1ccc(OCCCOc2ccc(C(=NOS(=O)(=O)c3c(F)c(F)c(F)c(F)c3F)C(F)(F)F)cc2)cc1)c1c(F)c(F)c(F)c(F)c1F. The Balaban J connectivity index is 1.32. The van der Waals surface area contributed by atoms with Crippen molar-refractivity contribution < 1.29 is 96.3 Å². The van der Waals surface area contributed by atoms with E-state index in [1.165, 1.54) is 0 Å². The van der Waals surface area contributed by atoms with Crippen LogP contribution in [0, 0.1) is 58.2 Å². The maximum Gasteiger partial charge on any atom is 0.437 e. The van der Waals surface area contributed by atoms with Gasteiger partial charge in [0.15, 0.2) is 62.0 Å². The second kappa shape index (κ2) is 16.6. The summed E-state index contributed by atoms with van der Waals surface area (Å²) in [5.41, 5.74) is -3.52. The molecule has 0 aliphatic carbocycles. The van der Waals surface area contributed by atoms with Gasteiger partial charge < -0.3 is 9.47 Å². The monoisotopic (exact) mass is 860 g/mol. The highest BCUT2D eigenvalue weighted by Crippen LogP contribution is 2.31. The van der Waals surface area contributed by atoms with Crippen LogP contribution in [0.3, 0.4) is 0 Å². The average molecular weight is 861 g/mol. The van der Waals surface area contributed by atoms with Crippen LogP contribution in [0.4, 0.5) is 61.5 Å². The Hall–Kier alpha value is -5.66. The van der Waals surface area contributed by atoms with Gasteiger partial charge in [-0.15, -0.1) is 0 Å². The molecule has 4 aromatic carbocycles. The van der Waals surface area contributed by atoms with Crippen LogP contribution in [0.25, 0.3) is 0 Å². The Kier molecular flexibility index (Phi) is 12.8. The van der Waals surface area contributed by atoms with E-state index in [1.54, 1.807) is 0 Å². The van der Waals surface area contributed by atoms with E-state index in [-0.39, 0.29) is 31.1 Å². The number of oxime groups is 2. The number of benzene rings is 4. The highest BCUT2D eigenvalue weighted by atomic mass is 32.2. The van der Waals surface area contributed by atoms with Crippen LogP contribution in [0.2, 0.25) is 0 Å². The van der Waals surface area contributed by atoms with Gasteiger partial charge in [-0.1, -0.05) is 5.16 Å². The zero-order valence-corrected chi connectivity index (χ0v) is 28.1. The number of alkyl halides is 3. The first-order chi connectivity index (χ1) is 26.0. The summed E-state index contributed by atoms with van der Waals surface area (Å²) in [5.74, 6) is -29.2. The van der Waals surface area contributed by atoms with Crippen molar-refractivity contribution >= 4 is 31.9 Å². The molecule has 10 nitrogen and oxygen atoms in total. The zero-order valence-electron chi connectivity index (χ0n) is 26.5. The Labute approximate surface area is 303 Å². The van der Waals surface area contributed by atoms with Crippen LogP contribution in [-0.2, 0) is 28.8 Å². The quantitative estimate of drug-likeness (QED) is 0.0316. The summed E-state index contributed by atoms with van der Waals surface area (Å²) >= 11 is 0. The van der Waals surface area contributed by atoms with Crippen molar-refractivity contribution in [2.45, 2.75) is 22.4 Å². The summed E-state index contributed by atoms with van der Waals surface area (Å²) in [4.78, 5) is -5.00. The van der Waals surface area contributed by atoms with E-state index in [2.05, 4.69) is 18.9 Å². The van der Waals surface area contributed by atoms with Gasteiger partial charge in [0.25, 0.3) is 5.97 Å². The summed E-state index contributed by atoms with van der Waals surface area (Å²) in [6.45, 7) is -0.270. The van der Waals surface area contributed by atoms with Crippen LogP contribution in [0.1, 0.15) is 17.5 Å². The molecule has 0 spiro atoms. The predicted octanol–water partition coefficient (Wildman–Crippen LogP) is 7.63. The highest BCUT2D eigenvalue weighted by molar-refractivity contribution is 7.87. The average Bonchev–Trinajstić information content (AvgIpc) is 3.13. The van der Waals surface area contributed by atoms with E-state index in [0.29, 0.717) is 12.1 Å². The predicted molar refractivity (Wildman–Crippen MR) is 158 cm³/mol. The normalized spacial score (nSPS) is 12.8. The summed E-state index contributed by atoms with van der Waals surface area (Å²) in [5, 5.41) is 4.84. The third-order valence-corrected chi connectivity index (χ3v) is 8.85. The van der Waals surface area contributed by atoms with E-state index in [9.17, 15) is 78.3 Å². The van der Waals surface area contributed by atoms with Gasteiger partial charge >= 0.3 is 26.4 Å². The van der Waals surface area contributed by atoms with E-state index < -0.39 is 117 Å². The van der Waals surface area contributed by atoms with Gasteiger partial charge in [-0.2, -0.15) is 34.4 Å². The zero-order chi connectivity index (χ0) is 41.9. The van der Waals surface area contributed by atoms with Gasteiger partial charge in [-0.25, -0.2) is 43.9 Å². The molecule has 0 saturated carbocycles. The van der Waals surface area contributed by atoms with E-state index >= 15 is 0 Å². The number of hydrogen-bond acceptors (Lipinski definition) is 10. The molecule has 0 aromatic heterocycles. The highest BCUT2D eigenvalue weighted by Gasteiger charge is 2.40. The van der Waals surface area contributed by atoms with E-state index in [0.717, 1.165) is 36.4 Å². The third-order valence-electron chi connectivity index (χ3n) is 6.60. The van der Waals surface area contributed by atoms with Crippen molar-refractivity contribution in [2.75, 3.05) is 13.2 Å². The summed E-state index contributed by atoms with van der Waals surface area (Å²) in [6.07, 6.45) is -5.41. The molecule has 4 aromatic rings. The molecular formula is C30H14F14N2O8S2. The molecule has 0 saturated heterocycles. The fraction of sp³-hybridized carbons (Fsp3) is 0.133. The fourth-order valence-corrected chi connectivity index (χ4v) is 5.73. The molecule has 4 rings (SSSR count). The molecule has 0 radical (unpaired) electrons. The number of ether oxygens (including phenoxy) is 2. The molecule has 0 fully saturated rings. The summed E-state index contributed by atoms with van der Waals surface area (Å²) in [7, 11) is -12.0. The maximum absolute atomic E-state index is 14.3. The van der Waals surface area contributed by atoms with Gasteiger partial charge in [-0.05, 0) is 53.7 Å². The third kappa shape index (κ3) is 9.23. The summed E-state index contributed by atoms with van der Waals surface area (Å²) in [6, 6.07) is 7.36. The van der Waals surface area contributed by atoms with Crippen molar-refractivity contribution in [3.63, 3.8) is 0 Å². The van der Waals surface area contributed by atoms with Crippen molar-refractivity contribution in [3.8, 4) is 11.5 Å². The minimum Gasteiger partial charge on any atom is -0.493 e. The lowest BCUT2D eigenvalue weighted by atomic mass is 10.1. The number of hydrogen-bond donors (Lipinski definition) is 0. The Morgan fingerprint density at radius 3 is 1.18 bits per heavy atom. The maximum atomic E-state index is 14.3. The molecule has 0 aliphatic heterocycles. The molecule has 0 unspecified atom stereocenters. The van der Waals surface area contributed by atoms with Crippen LogP contribution in [-0.4, -0.2) is 47.9 Å². The van der Waals surface area contributed by atoms with Crippen LogP contribution in [0.5, 0.6) is 11.5 Å². The first-order valence-corrected chi connectivity index (χ1v) is 17.1. The molecule has 0 atom stereocenters. The van der Waals surface area contributed by atoms with Gasteiger partial charge in [-0.3, -0.25) is 8.57 Å². The number of nitrogens with zero attached hydrogens (tertiary/aromatic N) is 2. The van der Waals surface area contributed by atoms with E-state index in [1.807, 2.05) is 0 Å². The molecule has 0 aliphatic rings. The van der Waals surface area contributed by atoms with Crippen LogP contribution < -0.4 is 9.47 Å². The Bertz CT molecular complexity index is 2370. The molecule has 0 bridgehead atoms. The summed E-state index contributed by atoms with van der Waals surface area (Å²) < 4.78 is 257.